The topological polar surface area (TPSA) is 92.8 Å². The van der Waals surface area contributed by atoms with E-state index in [4.69, 9.17) is 4.74 Å². The van der Waals surface area contributed by atoms with Gasteiger partial charge in [0.1, 0.15) is 23.9 Å². The van der Waals surface area contributed by atoms with Crippen LogP contribution >= 0.6 is 0 Å². The van der Waals surface area contributed by atoms with Crippen molar-refractivity contribution in [2.75, 3.05) is 18.5 Å². The number of halogens is 2. The van der Waals surface area contributed by atoms with Gasteiger partial charge in [-0.15, -0.1) is 0 Å². The Morgan fingerprint density at radius 1 is 1.07 bits per heavy atom. The van der Waals surface area contributed by atoms with E-state index in [9.17, 15) is 28.0 Å². The summed E-state index contributed by atoms with van der Waals surface area (Å²) >= 11 is 0. The first-order valence-corrected chi connectivity index (χ1v) is 8.28. The standard InChI is InChI=1S/C18H16F2N2O5/c19-12-6-3-7-13(20)16(12)21-14(23)9-27-15(24)8-22-17(25)10-4-1-2-5-11(10)18(22)26/h1-3,6-7,10-11H,4-5,8-9H2,(H,21,23)/t10-,11-/m0/s1. The molecule has 1 heterocycles. The van der Waals surface area contributed by atoms with E-state index < -0.39 is 66.0 Å². The number of anilines is 1. The van der Waals surface area contributed by atoms with Crippen molar-refractivity contribution in [3.8, 4) is 0 Å². The van der Waals surface area contributed by atoms with Crippen LogP contribution in [-0.4, -0.2) is 41.7 Å². The van der Waals surface area contributed by atoms with Gasteiger partial charge in [-0.2, -0.15) is 0 Å². The summed E-state index contributed by atoms with van der Waals surface area (Å²) in [5.74, 6) is -5.69. The molecule has 142 valence electrons. The minimum absolute atomic E-state index is 0.441. The number of nitrogens with one attached hydrogen (secondary N) is 1. The zero-order chi connectivity index (χ0) is 19.6. The number of carbonyl (C=O) groups is 4. The predicted molar refractivity (Wildman–Crippen MR) is 88.0 cm³/mol. The molecule has 3 amide bonds. The van der Waals surface area contributed by atoms with E-state index in [-0.39, 0.29) is 0 Å². The number of ether oxygens (including phenoxy) is 1. The molecule has 2 aliphatic rings. The monoisotopic (exact) mass is 378 g/mol. The maximum absolute atomic E-state index is 13.5. The highest BCUT2D eigenvalue weighted by molar-refractivity contribution is 6.07. The summed E-state index contributed by atoms with van der Waals surface area (Å²) in [6.45, 7) is -1.41. The summed E-state index contributed by atoms with van der Waals surface area (Å²) in [7, 11) is 0. The van der Waals surface area contributed by atoms with Gasteiger partial charge in [0.25, 0.3) is 5.91 Å². The number of nitrogens with zero attached hydrogens (tertiary/aromatic N) is 1. The Morgan fingerprint density at radius 2 is 1.63 bits per heavy atom. The molecule has 1 N–H and O–H groups in total. The minimum atomic E-state index is -0.973. The molecule has 0 spiro atoms. The summed E-state index contributed by atoms with van der Waals surface area (Å²) in [6.07, 6.45) is 4.52. The lowest BCUT2D eigenvalue weighted by molar-refractivity contribution is -0.154. The molecule has 2 atom stereocenters. The molecule has 1 fully saturated rings. The lowest BCUT2D eigenvalue weighted by atomic mass is 9.85. The normalized spacial score (nSPS) is 21.2. The number of likely N-dealkylation sites (tertiary alicyclic amines) is 1. The van der Waals surface area contributed by atoms with Crippen LogP contribution in [0.4, 0.5) is 14.5 Å². The van der Waals surface area contributed by atoms with Gasteiger partial charge >= 0.3 is 5.97 Å². The number of rotatable bonds is 5. The first-order valence-electron chi connectivity index (χ1n) is 8.28. The molecule has 0 bridgehead atoms. The van der Waals surface area contributed by atoms with Crippen molar-refractivity contribution in [1.82, 2.24) is 4.90 Å². The lowest BCUT2D eigenvalue weighted by Gasteiger charge is -2.14. The van der Waals surface area contributed by atoms with Crippen LogP contribution in [0, 0.1) is 23.5 Å². The molecule has 1 aromatic carbocycles. The molecule has 1 aliphatic heterocycles. The van der Waals surface area contributed by atoms with Crippen molar-refractivity contribution in [3.05, 3.63) is 42.0 Å². The zero-order valence-corrected chi connectivity index (χ0v) is 14.1. The van der Waals surface area contributed by atoms with E-state index >= 15 is 0 Å². The number of benzene rings is 1. The molecule has 1 aromatic rings. The largest absolute Gasteiger partial charge is 0.454 e. The number of para-hydroxylation sites is 1. The number of esters is 1. The van der Waals surface area contributed by atoms with E-state index in [1.165, 1.54) is 0 Å². The number of amides is 3. The second-order valence-electron chi connectivity index (χ2n) is 6.22. The Balaban J connectivity index is 1.52. The zero-order valence-electron chi connectivity index (χ0n) is 14.1. The Morgan fingerprint density at radius 3 is 2.19 bits per heavy atom. The van der Waals surface area contributed by atoms with Crippen molar-refractivity contribution in [2.24, 2.45) is 11.8 Å². The Kier molecular flexibility index (Phi) is 5.29. The number of carbonyl (C=O) groups excluding carboxylic acids is 4. The SMILES string of the molecule is O=C(COC(=O)CN1C(=O)[C@H]2CC=CC[C@@H]2C1=O)Nc1c(F)cccc1F. The van der Waals surface area contributed by atoms with Crippen molar-refractivity contribution in [2.45, 2.75) is 12.8 Å². The Labute approximate surface area is 153 Å². The van der Waals surface area contributed by atoms with Crippen molar-refractivity contribution >= 4 is 29.4 Å². The number of allylic oxidation sites excluding steroid dienone is 2. The van der Waals surface area contributed by atoms with Crippen LogP contribution in [-0.2, 0) is 23.9 Å². The molecule has 0 aromatic heterocycles. The second kappa shape index (κ2) is 7.65. The molecular formula is C18H16F2N2O5. The van der Waals surface area contributed by atoms with Crippen LogP contribution in [0.5, 0.6) is 0 Å². The minimum Gasteiger partial charge on any atom is -0.454 e. The molecule has 3 rings (SSSR count). The third-order valence-electron chi connectivity index (χ3n) is 4.48. The van der Waals surface area contributed by atoms with E-state index in [1.54, 1.807) is 0 Å². The van der Waals surface area contributed by atoms with Crippen LogP contribution in [0.2, 0.25) is 0 Å². The summed E-state index contributed by atoms with van der Waals surface area (Å²) < 4.78 is 31.6. The smallest absolute Gasteiger partial charge is 0.326 e. The Bertz CT molecular complexity index is 793. The summed E-state index contributed by atoms with van der Waals surface area (Å²) in [4.78, 5) is 48.9. The van der Waals surface area contributed by atoms with E-state index in [0.29, 0.717) is 12.8 Å². The van der Waals surface area contributed by atoms with Crippen molar-refractivity contribution in [3.63, 3.8) is 0 Å². The third kappa shape index (κ3) is 3.86. The number of imide groups is 1. The fourth-order valence-electron chi connectivity index (χ4n) is 3.14. The van der Waals surface area contributed by atoms with E-state index in [0.717, 1.165) is 23.1 Å². The van der Waals surface area contributed by atoms with Gasteiger partial charge in [0, 0.05) is 0 Å². The molecule has 1 saturated heterocycles. The molecule has 0 radical (unpaired) electrons. The van der Waals surface area contributed by atoms with Gasteiger partial charge in [-0.1, -0.05) is 18.2 Å². The third-order valence-corrected chi connectivity index (χ3v) is 4.48. The van der Waals surface area contributed by atoms with Gasteiger partial charge in [-0.25, -0.2) is 8.78 Å². The maximum atomic E-state index is 13.5. The average molecular weight is 378 g/mol. The average Bonchev–Trinajstić information content (AvgIpc) is 2.88. The van der Waals surface area contributed by atoms with Gasteiger partial charge in [-0.05, 0) is 25.0 Å². The van der Waals surface area contributed by atoms with E-state index in [2.05, 4.69) is 0 Å². The molecular weight excluding hydrogens is 362 g/mol. The maximum Gasteiger partial charge on any atom is 0.326 e. The number of hydrogen-bond donors (Lipinski definition) is 1. The number of fused-ring (bicyclic) bond motifs is 1. The lowest BCUT2D eigenvalue weighted by Crippen LogP contribution is -2.37. The van der Waals surface area contributed by atoms with Crippen LogP contribution in [0.15, 0.2) is 30.4 Å². The predicted octanol–water partition coefficient (Wildman–Crippen LogP) is 1.40. The molecule has 0 saturated carbocycles. The first-order chi connectivity index (χ1) is 12.9. The van der Waals surface area contributed by atoms with Gasteiger partial charge in [0.2, 0.25) is 11.8 Å². The first kappa shape index (κ1) is 18.7. The fraction of sp³-hybridized carbons (Fsp3) is 0.333. The molecule has 0 unspecified atom stereocenters. The van der Waals surface area contributed by atoms with Crippen molar-refractivity contribution < 1.29 is 32.7 Å². The van der Waals surface area contributed by atoms with Gasteiger partial charge in [0.05, 0.1) is 11.8 Å². The molecule has 9 heteroatoms. The second-order valence-corrected chi connectivity index (χ2v) is 6.22. The van der Waals surface area contributed by atoms with Crippen LogP contribution in [0.25, 0.3) is 0 Å². The highest BCUT2D eigenvalue weighted by Gasteiger charge is 2.47. The van der Waals surface area contributed by atoms with Crippen LogP contribution < -0.4 is 5.32 Å². The summed E-state index contributed by atoms with van der Waals surface area (Å²) in [5.41, 5.74) is -0.653. The summed E-state index contributed by atoms with van der Waals surface area (Å²) in [5, 5.41) is 1.96. The highest BCUT2D eigenvalue weighted by atomic mass is 19.1. The van der Waals surface area contributed by atoms with Gasteiger partial charge < -0.3 is 10.1 Å². The van der Waals surface area contributed by atoms with Crippen molar-refractivity contribution in [1.29, 1.82) is 0 Å². The van der Waals surface area contributed by atoms with E-state index in [1.807, 2.05) is 17.5 Å². The fourth-order valence-corrected chi connectivity index (χ4v) is 3.14. The van der Waals surface area contributed by atoms with Gasteiger partial charge in [-0.3, -0.25) is 24.1 Å². The molecule has 27 heavy (non-hydrogen) atoms. The Hall–Kier alpha value is -3.10. The quantitative estimate of drug-likeness (QED) is 0.475. The number of hydrogen-bond acceptors (Lipinski definition) is 5. The molecule has 1 aliphatic carbocycles. The summed E-state index contributed by atoms with van der Waals surface area (Å²) in [6, 6.07) is 3.06. The van der Waals surface area contributed by atoms with Crippen LogP contribution in [0.1, 0.15) is 12.8 Å². The highest BCUT2D eigenvalue weighted by Crippen LogP contribution is 2.34. The van der Waals surface area contributed by atoms with Crippen LogP contribution in [0.3, 0.4) is 0 Å². The van der Waals surface area contributed by atoms with Gasteiger partial charge in [0.15, 0.2) is 6.61 Å². The molecule has 7 nitrogen and oxygen atoms in total.